The number of hydrogen-bond acceptors (Lipinski definition) is 7. The van der Waals surface area contributed by atoms with Crippen LogP contribution in [0, 0.1) is 0 Å². The zero-order valence-corrected chi connectivity index (χ0v) is 11.7. The van der Waals surface area contributed by atoms with Gasteiger partial charge in [-0.2, -0.15) is 9.67 Å². The van der Waals surface area contributed by atoms with Crippen molar-refractivity contribution < 1.29 is 4.84 Å². The van der Waals surface area contributed by atoms with Crippen molar-refractivity contribution in [2.24, 2.45) is 5.73 Å². The van der Waals surface area contributed by atoms with Gasteiger partial charge in [0.25, 0.3) is 11.9 Å². The molecule has 104 valence electrons. The monoisotopic (exact) mass is 285 g/mol. The van der Waals surface area contributed by atoms with Crippen LogP contribution < -0.4 is 10.8 Å². The lowest BCUT2D eigenvalue weighted by Gasteiger charge is -2.09. The fourth-order valence-corrected chi connectivity index (χ4v) is 1.37. The summed E-state index contributed by atoms with van der Waals surface area (Å²) in [7, 11) is 3.24. The summed E-state index contributed by atoms with van der Waals surface area (Å²) in [5, 5.41) is 5.71. The van der Waals surface area contributed by atoms with Crippen molar-refractivity contribution in [3.05, 3.63) is 24.3 Å². The van der Waals surface area contributed by atoms with Gasteiger partial charge in [0.2, 0.25) is 0 Å². The highest BCUT2D eigenvalue weighted by molar-refractivity contribution is 5.85. The Morgan fingerprint density at radius 1 is 1.37 bits per heavy atom. The Morgan fingerprint density at radius 3 is 2.53 bits per heavy atom. The van der Waals surface area contributed by atoms with Crippen molar-refractivity contribution in [3.63, 3.8) is 0 Å². The molecular weight excluding hydrogens is 270 g/mol. The van der Waals surface area contributed by atoms with Gasteiger partial charge in [0.1, 0.15) is 0 Å². The first-order chi connectivity index (χ1) is 8.63. The molecule has 0 saturated heterocycles. The molecule has 0 bridgehead atoms. The van der Waals surface area contributed by atoms with Crippen molar-refractivity contribution >= 4 is 18.4 Å². The van der Waals surface area contributed by atoms with E-state index in [9.17, 15) is 0 Å². The predicted octanol–water partition coefficient (Wildman–Crippen LogP) is 0.496. The van der Waals surface area contributed by atoms with Crippen LogP contribution in [-0.2, 0) is 4.84 Å². The minimum atomic E-state index is -0.291. The van der Waals surface area contributed by atoms with Crippen LogP contribution >= 0.6 is 12.4 Å². The van der Waals surface area contributed by atoms with Crippen LogP contribution in [0.3, 0.4) is 0 Å². The van der Waals surface area contributed by atoms with E-state index in [1.165, 1.54) is 16.9 Å². The number of hydroxylamine groups is 1. The number of hydrogen-bond donors (Lipinski definition) is 1. The molecule has 2 aromatic rings. The number of aromatic nitrogens is 5. The van der Waals surface area contributed by atoms with Gasteiger partial charge in [-0.1, -0.05) is 0 Å². The number of halogens is 1. The largest absolute Gasteiger partial charge is 0.322 e. The number of nitrogens with zero attached hydrogens (tertiary/aromatic N) is 6. The maximum absolute atomic E-state index is 5.87. The van der Waals surface area contributed by atoms with Crippen LogP contribution in [0.2, 0.25) is 0 Å². The summed E-state index contributed by atoms with van der Waals surface area (Å²) < 4.78 is 1.51. The van der Waals surface area contributed by atoms with Crippen molar-refractivity contribution in [2.75, 3.05) is 19.2 Å². The molecule has 0 aliphatic carbocycles. The van der Waals surface area contributed by atoms with Gasteiger partial charge in [0, 0.05) is 19.4 Å². The summed E-state index contributed by atoms with van der Waals surface area (Å²) in [6.07, 6.45) is 3.27. The first kappa shape index (κ1) is 15.3. The highest BCUT2D eigenvalue weighted by Crippen LogP contribution is 2.15. The first-order valence-electron chi connectivity index (χ1n) is 5.41. The lowest BCUT2D eigenvalue weighted by Crippen LogP contribution is -2.16. The average Bonchev–Trinajstić information content (AvgIpc) is 2.84. The summed E-state index contributed by atoms with van der Waals surface area (Å²) in [4.78, 5) is 17.6. The normalized spacial score (nSPS) is 11.8. The average molecular weight is 286 g/mol. The molecule has 9 heteroatoms. The van der Waals surface area contributed by atoms with Crippen LogP contribution in [0.1, 0.15) is 18.8 Å². The van der Waals surface area contributed by atoms with E-state index in [-0.39, 0.29) is 18.4 Å². The van der Waals surface area contributed by atoms with Crippen molar-refractivity contribution in [1.29, 1.82) is 0 Å². The van der Waals surface area contributed by atoms with Crippen LogP contribution in [0.25, 0.3) is 5.95 Å². The maximum Gasteiger partial charge on any atom is 0.269 e. The highest BCUT2D eigenvalue weighted by Gasteiger charge is 2.18. The van der Waals surface area contributed by atoms with Gasteiger partial charge >= 0.3 is 0 Å². The Morgan fingerprint density at radius 2 is 2.00 bits per heavy atom. The Bertz CT molecular complexity index is 516. The minimum Gasteiger partial charge on any atom is -0.322 e. The number of anilines is 1. The summed E-state index contributed by atoms with van der Waals surface area (Å²) in [6, 6.07) is 1.44. The molecule has 1 unspecified atom stereocenters. The minimum absolute atomic E-state index is 0. The fraction of sp³-hybridized carbons (Fsp3) is 0.400. The van der Waals surface area contributed by atoms with Crippen LogP contribution in [0.5, 0.6) is 0 Å². The fourth-order valence-electron chi connectivity index (χ4n) is 1.37. The Hall–Kier alpha value is -1.77. The van der Waals surface area contributed by atoms with E-state index in [1.807, 2.05) is 6.92 Å². The Kier molecular flexibility index (Phi) is 5.16. The van der Waals surface area contributed by atoms with Crippen molar-refractivity contribution in [2.45, 2.75) is 13.0 Å². The molecule has 2 aromatic heterocycles. The molecule has 2 N–H and O–H groups in total. The molecule has 8 nitrogen and oxygen atoms in total. The van der Waals surface area contributed by atoms with Gasteiger partial charge in [0.15, 0.2) is 5.82 Å². The zero-order valence-electron chi connectivity index (χ0n) is 10.9. The molecule has 0 aliphatic heterocycles. The quantitative estimate of drug-likeness (QED) is 0.817. The van der Waals surface area contributed by atoms with Crippen LogP contribution in [0.4, 0.5) is 5.95 Å². The molecule has 0 spiro atoms. The van der Waals surface area contributed by atoms with Crippen molar-refractivity contribution in [1.82, 2.24) is 24.7 Å². The number of rotatable bonds is 4. The SMILES string of the molecule is CON(C)c1nc(C(C)N)n(-c2ncccn2)n1.Cl. The first-order valence-corrected chi connectivity index (χ1v) is 5.41. The van der Waals surface area contributed by atoms with E-state index >= 15 is 0 Å². The predicted molar refractivity (Wildman–Crippen MR) is 72.2 cm³/mol. The molecule has 0 amide bonds. The zero-order chi connectivity index (χ0) is 13.1. The second-order valence-corrected chi connectivity index (χ2v) is 3.70. The summed E-state index contributed by atoms with van der Waals surface area (Å²) in [5.41, 5.74) is 5.87. The third-order valence-corrected chi connectivity index (χ3v) is 2.33. The third kappa shape index (κ3) is 3.16. The smallest absolute Gasteiger partial charge is 0.269 e. The van der Waals surface area contributed by atoms with E-state index in [0.29, 0.717) is 17.7 Å². The summed E-state index contributed by atoms with van der Waals surface area (Å²) in [6.45, 7) is 1.82. The van der Waals surface area contributed by atoms with Crippen molar-refractivity contribution in [3.8, 4) is 5.95 Å². The molecule has 19 heavy (non-hydrogen) atoms. The standard InChI is InChI=1S/C10H15N7O.ClH/c1-7(11)8-14-10(16(2)18-3)15-17(8)9-12-5-4-6-13-9;/h4-7H,11H2,1-3H3;1H. The second kappa shape index (κ2) is 6.41. The summed E-state index contributed by atoms with van der Waals surface area (Å²) in [5.74, 6) is 1.39. The van der Waals surface area contributed by atoms with Gasteiger partial charge in [-0.3, -0.25) is 4.84 Å². The maximum atomic E-state index is 5.87. The summed E-state index contributed by atoms with van der Waals surface area (Å²) >= 11 is 0. The van der Waals surface area contributed by atoms with Gasteiger partial charge in [0.05, 0.1) is 13.2 Å². The molecule has 0 aromatic carbocycles. The lowest BCUT2D eigenvalue weighted by molar-refractivity contribution is 0.180. The van der Waals surface area contributed by atoms with E-state index in [0.717, 1.165) is 0 Å². The number of nitrogens with two attached hydrogens (primary N) is 1. The third-order valence-electron chi connectivity index (χ3n) is 2.33. The molecular formula is C10H16ClN7O. The lowest BCUT2D eigenvalue weighted by atomic mass is 10.3. The van der Waals surface area contributed by atoms with Gasteiger partial charge in [-0.05, 0) is 13.0 Å². The van der Waals surface area contributed by atoms with Crippen LogP contribution in [-0.4, -0.2) is 38.9 Å². The highest BCUT2D eigenvalue weighted by atomic mass is 35.5. The molecule has 0 saturated carbocycles. The second-order valence-electron chi connectivity index (χ2n) is 3.70. The Balaban J connectivity index is 0.00000180. The Labute approximate surface area is 117 Å². The molecule has 2 rings (SSSR count). The van der Waals surface area contributed by atoms with Gasteiger partial charge < -0.3 is 5.73 Å². The molecule has 0 radical (unpaired) electrons. The van der Waals surface area contributed by atoms with E-state index in [4.69, 9.17) is 10.6 Å². The molecule has 2 heterocycles. The molecule has 1 atom stereocenters. The van der Waals surface area contributed by atoms with Crippen LogP contribution in [0.15, 0.2) is 18.5 Å². The van der Waals surface area contributed by atoms with Gasteiger partial charge in [-0.25, -0.2) is 15.0 Å². The van der Waals surface area contributed by atoms with E-state index in [1.54, 1.807) is 25.5 Å². The molecule has 0 fully saturated rings. The van der Waals surface area contributed by atoms with Gasteiger partial charge in [-0.15, -0.1) is 17.5 Å². The van der Waals surface area contributed by atoms with E-state index < -0.39 is 0 Å². The van der Waals surface area contributed by atoms with E-state index in [2.05, 4.69) is 20.1 Å². The topological polar surface area (TPSA) is 95.0 Å². The molecule has 0 aliphatic rings.